The lowest BCUT2D eigenvalue weighted by atomic mass is 10.2. The highest BCUT2D eigenvalue weighted by atomic mass is 16.2. The highest BCUT2D eigenvalue weighted by Crippen LogP contribution is 2.11. The highest BCUT2D eigenvalue weighted by molar-refractivity contribution is 5.94. The maximum atomic E-state index is 11.4. The van der Waals surface area contributed by atoms with Crippen LogP contribution in [0.4, 0.5) is 5.69 Å². The van der Waals surface area contributed by atoms with Gasteiger partial charge >= 0.3 is 0 Å². The van der Waals surface area contributed by atoms with Crippen molar-refractivity contribution in [1.29, 1.82) is 0 Å². The molecule has 0 aliphatic carbocycles. The number of anilines is 1. The predicted octanol–water partition coefficient (Wildman–Crippen LogP) is 0.404. The number of nitrogens with one attached hydrogen (secondary N) is 1. The molecular weight excluding hydrogens is 180 g/mol. The average molecular weight is 196 g/mol. The smallest absolute Gasteiger partial charge is 0.241 e. The van der Waals surface area contributed by atoms with E-state index in [9.17, 15) is 4.79 Å². The second-order valence-corrected chi connectivity index (χ2v) is 3.31. The fourth-order valence-corrected chi connectivity index (χ4v) is 1.13. The molecule has 1 atom stereocenters. The second-order valence-electron chi connectivity index (χ2n) is 3.31. The maximum absolute atomic E-state index is 11.4. The summed E-state index contributed by atoms with van der Waals surface area (Å²) in [5.74, 6) is -0.163. The van der Waals surface area contributed by atoms with Crippen molar-refractivity contribution in [2.45, 2.75) is 26.3 Å². The van der Waals surface area contributed by atoms with Gasteiger partial charge in [0.1, 0.15) is 0 Å². The van der Waals surface area contributed by atoms with E-state index in [2.05, 4.69) is 10.4 Å². The van der Waals surface area contributed by atoms with Crippen molar-refractivity contribution in [3.05, 3.63) is 11.9 Å². The molecule has 0 bridgehead atoms. The molecule has 0 spiro atoms. The summed E-state index contributed by atoms with van der Waals surface area (Å²) in [5, 5.41) is 6.84. The fourth-order valence-electron chi connectivity index (χ4n) is 1.13. The molecule has 0 saturated carbocycles. The van der Waals surface area contributed by atoms with Crippen LogP contribution in [0.5, 0.6) is 0 Å². The van der Waals surface area contributed by atoms with Crippen molar-refractivity contribution in [3.63, 3.8) is 0 Å². The molecule has 1 heterocycles. The number of aromatic nitrogens is 2. The number of nitrogens with zero attached hydrogens (tertiary/aromatic N) is 2. The monoisotopic (exact) mass is 196 g/mol. The Morgan fingerprint density at radius 1 is 1.79 bits per heavy atom. The summed E-state index contributed by atoms with van der Waals surface area (Å²) in [4.78, 5) is 11.4. The molecule has 78 valence electrons. The fraction of sp³-hybridized carbons (Fsp3) is 0.556. The van der Waals surface area contributed by atoms with Crippen molar-refractivity contribution >= 4 is 11.6 Å². The largest absolute Gasteiger partial charge is 0.322 e. The zero-order valence-electron chi connectivity index (χ0n) is 8.74. The van der Waals surface area contributed by atoms with Crippen LogP contribution in [0, 0.1) is 6.92 Å². The van der Waals surface area contributed by atoms with Crippen LogP contribution in [0.2, 0.25) is 0 Å². The number of hydrogen-bond acceptors (Lipinski definition) is 3. The number of carbonyl (C=O) groups is 1. The number of nitrogens with two attached hydrogens (primary N) is 1. The van der Waals surface area contributed by atoms with Gasteiger partial charge in [-0.2, -0.15) is 5.10 Å². The van der Waals surface area contributed by atoms with Gasteiger partial charge < -0.3 is 11.1 Å². The Balaban J connectivity index is 2.69. The summed E-state index contributed by atoms with van der Waals surface area (Å²) >= 11 is 0. The lowest BCUT2D eigenvalue weighted by Crippen LogP contribution is -2.34. The van der Waals surface area contributed by atoms with Crippen molar-refractivity contribution < 1.29 is 4.79 Å². The van der Waals surface area contributed by atoms with Crippen LogP contribution < -0.4 is 11.1 Å². The van der Waals surface area contributed by atoms with E-state index in [1.807, 2.05) is 20.9 Å². The van der Waals surface area contributed by atoms with Gasteiger partial charge in [0.2, 0.25) is 5.91 Å². The van der Waals surface area contributed by atoms with Crippen LogP contribution in [-0.4, -0.2) is 21.7 Å². The molecule has 0 aliphatic rings. The molecule has 1 amide bonds. The molecule has 5 nitrogen and oxygen atoms in total. The van der Waals surface area contributed by atoms with E-state index < -0.39 is 6.04 Å². The normalized spacial score (nSPS) is 12.6. The molecule has 5 heteroatoms. The molecule has 3 N–H and O–H groups in total. The standard InChI is InChI=1S/C9H16N4O/c1-4-7(10)9(14)11-8-5-13(3)12-6(8)2/h5,7H,4,10H2,1-3H3,(H,11,14)/t7-/m0/s1. The number of aryl methyl sites for hydroxylation is 2. The predicted molar refractivity (Wildman–Crippen MR) is 54.8 cm³/mol. The lowest BCUT2D eigenvalue weighted by Gasteiger charge is -2.08. The van der Waals surface area contributed by atoms with Gasteiger partial charge in [-0.3, -0.25) is 9.48 Å². The van der Waals surface area contributed by atoms with Gasteiger partial charge in [-0.05, 0) is 13.3 Å². The van der Waals surface area contributed by atoms with E-state index in [0.29, 0.717) is 6.42 Å². The molecule has 0 unspecified atom stereocenters. The quantitative estimate of drug-likeness (QED) is 0.735. The van der Waals surface area contributed by atoms with Gasteiger partial charge in [0.25, 0.3) is 0 Å². The molecule has 0 saturated heterocycles. The number of amides is 1. The van der Waals surface area contributed by atoms with E-state index in [0.717, 1.165) is 11.4 Å². The first-order valence-corrected chi connectivity index (χ1v) is 4.61. The minimum Gasteiger partial charge on any atom is -0.322 e. The van der Waals surface area contributed by atoms with Crippen LogP contribution in [0.3, 0.4) is 0 Å². The van der Waals surface area contributed by atoms with Crippen LogP contribution in [-0.2, 0) is 11.8 Å². The lowest BCUT2D eigenvalue weighted by molar-refractivity contribution is -0.117. The first kappa shape index (κ1) is 10.7. The summed E-state index contributed by atoms with van der Waals surface area (Å²) in [7, 11) is 1.81. The van der Waals surface area contributed by atoms with Crippen molar-refractivity contribution in [1.82, 2.24) is 9.78 Å². The molecule has 0 aromatic carbocycles. The summed E-state index contributed by atoms with van der Waals surface area (Å²) in [6.45, 7) is 3.72. The Labute approximate surface area is 83.3 Å². The van der Waals surface area contributed by atoms with Gasteiger partial charge in [-0.1, -0.05) is 6.92 Å². The second kappa shape index (κ2) is 4.23. The van der Waals surface area contributed by atoms with Crippen molar-refractivity contribution in [2.24, 2.45) is 12.8 Å². The highest BCUT2D eigenvalue weighted by Gasteiger charge is 2.13. The van der Waals surface area contributed by atoms with Gasteiger partial charge in [-0.25, -0.2) is 0 Å². The Morgan fingerprint density at radius 2 is 2.43 bits per heavy atom. The maximum Gasteiger partial charge on any atom is 0.241 e. The Bertz CT molecular complexity index is 332. The summed E-state index contributed by atoms with van der Waals surface area (Å²) < 4.78 is 1.66. The third kappa shape index (κ3) is 2.32. The Morgan fingerprint density at radius 3 is 2.86 bits per heavy atom. The van der Waals surface area contributed by atoms with E-state index in [1.165, 1.54) is 0 Å². The number of hydrogen-bond donors (Lipinski definition) is 2. The van der Waals surface area contributed by atoms with Crippen LogP contribution in [0.25, 0.3) is 0 Å². The number of carbonyl (C=O) groups excluding carboxylic acids is 1. The molecule has 1 rings (SSSR count). The van der Waals surface area contributed by atoms with Crippen LogP contribution in [0.15, 0.2) is 6.20 Å². The third-order valence-corrected chi connectivity index (χ3v) is 2.05. The van der Waals surface area contributed by atoms with E-state index in [-0.39, 0.29) is 5.91 Å². The average Bonchev–Trinajstić information content (AvgIpc) is 2.44. The van der Waals surface area contributed by atoms with E-state index >= 15 is 0 Å². The van der Waals surface area contributed by atoms with Gasteiger partial charge in [0.05, 0.1) is 17.4 Å². The third-order valence-electron chi connectivity index (χ3n) is 2.05. The molecule has 0 fully saturated rings. The number of rotatable bonds is 3. The molecule has 1 aromatic rings. The molecule has 14 heavy (non-hydrogen) atoms. The van der Waals surface area contributed by atoms with Crippen molar-refractivity contribution in [3.8, 4) is 0 Å². The molecule has 0 aliphatic heterocycles. The summed E-state index contributed by atoms with van der Waals surface area (Å²) in [6, 6.07) is -0.449. The topological polar surface area (TPSA) is 72.9 Å². The van der Waals surface area contributed by atoms with E-state index in [4.69, 9.17) is 5.73 Å². The SMILES string of the molecule is CC[C@H](N)C(=O)Nc1cn(C)nc1C. The van der Waals surface area contributed by atoms with Gasteiger partial charge in [0.15, 0.2) is 0 Å². The summed E-state index contributed by atoms with van der Waals surface area (Å²) in [5.41, 5.74) is 7.10. The Kier molecular flexibility index (Phi) is 3.24. The molecular formula is C9H16N4O. The van der Waals surface area contributed by atoms with Gasteiger partial charge in [0, 0.05) is 13.2 Å². The van der Waals surface area contributed by atoms with Crippen LogP contribution >= 0.6 is 0 Å². The van der Waals surface area contributed by atoms with Crippen molar-refractivity contribution in [2.75, 3.05) is 5.32 Å². The molecule has 1 aromatic heterocycles. The van der Waals surface area contributed by atoms with Gasteiger partial charge in [-0.15, -0.1) is 0 Å². The summed E-state index contributed by atoms with van der Waals surface area (Å²) in [6.07, 6.45) is 2.39. The zero-order chi connectivity index (χ0) is 10.7. The minimum atomic E-state index is -0.449. The molecule has 0 radical (unpaired) electrons. The van der Waals surface area contributed by atoms with Crippen LogP contribution in [0.1, 0.15) is 19.0 Å². The zero-order valence-corrected chi connectivity index (χ0v) is 8.74. The first-order valence-electron chi connectivity index (χ1n) is 4.61. The Hall–Kier alpha value is -1.36. The first-order chi connectivity index (χ1) is 6.54. The van der Waals surface area contributed by atoms with E-state index in [1.54, 1.807) is 10.9 Å². The minimum absolute atomic E-state index is 0.163.